The molecule has 2 rings (SSSR count). The molecule has 1 saturated heterocycles. The largest absolute Gasteiger partial charge is 0.478 e. The molecule has 0 bridgehead atoms. The van der Waals surface area contributed by atoms with Gasteiger partial charge in [0.05, 0.1) is 5.56 Å². The number of carbonyl (C=O) groups is 1. The van der Waals surface area contributed by atoms with E-state index in [1.807, 2.05) is 0 Å². The highest BCUT2D eigenvalue weighted by molar-refractivity contribution is 5.86. The molecule has 0 radical (unpaired) electrons. The Kier molecular flexibility index (Phi) is 4.35. The summed E-state index contributed by atoms with van der Waals surface area (Å²) in [6.45, 7) is 6.46. The van der Waals surface area contributed by atoms with E-state index in [1.54, 1.807) is 0 Å². The van der Waals surface area contributed by atoms with Crippen molar-refractivity contribution in [3.63, 3.8) is 0 Å². The predicted molar refractivity (Wildman–Crippen MR) is 73.4 cm³/mol. The van der Waals surface area contributed by atoms with E-state index in [0.29, 0.717) is 5.95 Å². The van der Waals surface area contributed by atoms with Gasteiger partial charge in [0.15, 0.2) is 0 Å². The van der Waals surface area contributed by atoms with Crippen molar-refractivity contribution in [1.82, 2.24) is 9.97 Å². The van der Waals surface area contributed by atoms with Gasteiger partial charge in [0.25, 0.3) is 0 Å². The van der Waals surface area contributed by atoms with Gasteiger partial charge in [-0.2, -0.15) is 0 Å². The zero-order chi connectivity index (χ0) is 13.8. The summed E-state index contributed by atoms with van der Waals surface area (Å²) in [6, 6.07) is 0. The summed E-state index contributed by atoms with van der Waals surface area (Å²) in [5, 5.41) is 8.83. The molecule has 0 amide bonds. The molecule has 1 unspecified atom stereocenters. The predicted octanol–water partition coefficient (Wildman–Crippen LogP) is 2.44. The molecule has 1 atom stereocenters. The van der Waals surface area contributed by atoms with Gasteiger partial charge < -0.3 is 10.0 Å². The van der Waals surface area contributed by atoms with Gasteiger partial charge in [0.1, 0.15) is 0 Å². The van der Waals surface area contributed by atoms with E-state index >= 15 is 0 Å². The normalized spacial score (nSPS) is 20.4. The van der Waals surface area contributed by atoms with Crippen LogP contribution in [0.5, 0.6) is 0 Å². The van der Waals surface area contributed by atoms with E-state index < -0.39 is 5.97 Å². The maximum Gasteiger partial charge on any atom is 0.338 e. The van der Waals surface area contributed by atoms with Gasteiger partial charge in [0, 0.05) is 25.5 Å². The molecule has 1 N–H and O–H groups in total. The van der Waals surface area contributed by atoms with Crippen LogP contribution in [0.25, 0.3) is 0 Å². The average Bonchev–Trinajstić information content (AvgIpc) is 2.64. The van der Waals surface area contributed by atoms with Crippen LogP contribution in [-0.2, 0) is 0 Å². The van der Waals surface area contributed by atoms with Crippen LogP contribution in [0.1, 0.15) is 43.5 Å². The summed E-state index contributed by atoms with van der Waals surface area (Å²) in [4.78, 5) is 21.3. The first-order valence-electron chi connectivity index (χ1n) is 6.88. The monoisotopic (exact) mass is 263 g/mol. The second-order valence-electron chi connectivity index (χ2n) is 5.50. The Balaban J connectivity index is 2.03. The van der Waals surface area contributed by atoms with Crippen molar-refractivity contribution in [2.24, 2.45) is 11.8 Å². The molecule has 1 aromatic rings. The van der Waals surface area contributed by atoms with Gasteiger partial charge in [0.2, 0.25) is 5.95 Å². The van der Waals surface area contributed by atoms with E-state index in [1.165, 1.54) is 18.8 Å². The fraction of sp³-hybridized carbons (Fsp3) is 0.643. The fourth-order valence-electron chi connectivity index (χ4n) is 2.58. The van der Waals surface area contributed by atoms with Gasteiger partial charge in [-0.25, -0.2) is 14.8 Å². The third-order valence-corrected chi connectivity index (χ3v) is 3.88. The van der Waals surface area contributed by atoms with Crippen LogP contribution in [0.2, 0.25) is 0 Å². The van der Waals surface area contributed by atoms with Crippen molar-refractivity contribution in [1.29, 1.82) is 0 Å². The highest BCUT2D eigenvalue weighted by Crippen LogP contribution is 2.25. The zero-order valence-electron chi connectivity index (χ0n) is 11.5. The Morgan fingerprint density at radius 2 is 2.00 bits per heavy atom. The maximum atomic E-state index is 10.8. The molecule has 1 aromatic heterocycles. The summed E-state index contributed by atoms with van der Waals surface area (Å²) in [7, 11) is 0. The number of rotatable bonds is 3. The fourth-order valence-corrected chi connectivity index (χ4v) is 2.58. The van der Waals surface area contributed by atoms with E-state index in [-0.39, 0.29) is 5.56 Å². The molecule has 0 spiro atoms. The highest BCUT2D eigenvalue weighted by Gasteiger charge is 2.20. The lowest BCUT2D eigenvalue weighted by atomic mass is 9.89. The first kappa shape index (κ1) is 13.8. The minimum absolute atomic E-state index is 0.138. The summed E-state index contributed by atoms with van der Waals surface area (Å²) in [5.74, 6) is 1.15. The molecule has 104 valence electrons. The SMILES string of the molecule is CC(C)C1CCCN(c2ncc(C(=O)O)cn2)CC1. The molecule has 1 aliphatic rings. The number of carboxylic acids is 1. The Morgan fingerprint density at radius 3 is 2.58 bits per heavy atom. The summed E-state index contributed by atoms with van der Waals surface area (Å²) >= 11 is 0. The number of hydrogen-bond donors (Lipinski definition) is 1. The van der Waals surface area contributed by atoms with E-state index in [0.717, 1.165) is 37.8 Å². The Labute approximate surface area is 113 Å². The van der Waals surface area contributed by atoms with Crippen LogP contribution in [0, 0.1) is 11.8 Å². The molecule has 19 heavy (non-hydrogen) atoms. The second-order valence-corrected chi connectivity index (χ2v) is 5.50. The zero-order valence-corrected chi connectivity index (χ0v) is 11.5. The van der Waals surface area contributed by atoms with Gasteiger partial charge in [-0.3, -0.25) is 0 Å². The first-order valence-corrected chi connectivity index (χ1v) is 6.88. The standard InChI is InChI=1S/C14H21N3O2/c1-10(2)11-4-3-6-17(7-5-11)14-15-8-12(9-16-14)13(18)19/h8-11H,3-7H2,1-2H3,(H,18,19). The molecular formula is C14H21N3O2. The van der Waals surface area contributed by atoms with Crippen LogP contribution in [0.15, 0.2) is 12.4 Å². The summed E-state index contributed by atoms with van der Waals surface area (Å²) < 4.78 is 0. The maximum absolute atomic E-state index is 10.8. The van der Waals surface area contributed by atoms with Crippen molar-refractivity contribution in [3.8, 4) is 0 Å². The minimum Gasteiger partial charge on any atom is -0.478 e. The Morgan fingerprint density at radius 1 is 1.32 bits per heavy atom. The van der Waals surface area contributed by atoms with Crippen molar-refractivity contribution in [2.45, 2.75) is 33.1 Å². The lowest BCUT2D eigenvalue weighted by molar-refractivity contribution is 0.0696. The lowest BCUT2D eigenvalue weighted by Crippen LogP contribution is -2.26. The first-order chi connectivity index (χ1) is 9.08. The molecule has 0 saturated carbocycles. The van der Waals surface area contributed by atoms with Crippen LogP contribution >= 0.6 is 0 Å². The van der Waals surface area contributed by atoms with Crippen molar-refractivity contribution >= 4 is 11.9 Å². The lowest BCUT2D eigenvalue weighted by Gasteiger charge is -2.21. The smallest absolute Gasteiger partial charge is 0.338 e. The summed E-state index contributed by atoms with van der Waals surface area (Å²) in [5.41, 5.74) is 0.138. The molecular weight excluding hydrogens is 242 g/mol. The number of aromatic carboxylic acids is 1. The number of anilines is 1. The third kappa shape index (κ3) is 3.43. The van der Waals surface area contributed by atoms with Crippen LogP contribution in [0.4, 0.5) is 5.95 Å². The number of hydrogen-bond acceptors (Lipinski definition) is 4. The van der Waals surface area contributed by atoms with Crippen molar-refractivity contribution < 1.29 is 9.90 Å². The molecule has 2 heterocycles. The molecule has 0 aromatic carbocycles. The van der Waals surface area contributed by atoms with Crippen LogP contribution in [0.3, 0.4) is 0 Å². The third-order valence-electron chi connectivity index (χ3n) is 3.88. The molecule has 1 aliphatic heterocycles. The minimum atomic E-state index is -0.984. The number of nitrogens with zero attached hydrogens (tertiary/aromatic N) is 3. The number of carboxylic acid groups (broad SMARTS) is 1. The van der Waals surface area contributed by atoms with Crippen molar-refractivity contribution in [2.75, 3.05) is 18.0 Å². The average molecular weight is 263 g/mol. The van der Waals surface area contributed by atoms with Crippen LogP contribution < -0.4 is 4.90 Å². The van der Waals surface area contributed by atoms with E-state index in [4.69, 9.17) is 5.11 Å². The molecule has 0 aliphatic carbocycles. The van der Waals surface area contributed by atoms with Gasteiger partial charge in [-0.05, 0) is 31.1 Å². The molecule has 5 nitrogen and oxygen atoms in total. The molecule has 1 fully saturated rings. The Hall–Kier alpha value is -1.65. The van der Waals surface area contributed by atoms with E-state index in [2.05, 4.69) is 28.7 Å². The van der Waals surface area contributed by atoms with E-state index in [9.17, 15) is 4.79 Å². The van der Waals surface area contributed by atoms with Crippen molar-refractivity contribution in [3.05, 3.63) is 18.0 Å². The topological polar surface area (TPSA) is 66.3 Å². The summed E-state index contributed by atoms with van der Waals surface area (Å²) in [6.07, 6.45) is 6.32. The second kappa shape index (κ2) is 5.99. The van der Waals surface area contributed by atoms with Gasteiger partial charge >= 0.3 is 5.97 Å². The van der Waals surface area contributed by atoms with Gasteiger partial charge in [-0.1, -0.05) is 13.8 Å². The quantitative estimate of drug-likeness (QED) is 0.907. The van der Waals surface area contributed by atoms with Crippen LogP contribution in [-0.4, -0.2) is 34.1 Å². The van der Waals surface area contributed by atoms with Gasteiger partial charge in [-0.15, -0.1) is 0 Å². The highest BCUT2D eigenvalue weighted by atomic mass is 16.4. The number of aromatic nitrogens is 2. The molecule has 5 heteroatoms. The Bertz CT molecular complexity index is 431.